The Kier molecular flexibility index (Phi) is 3.61. The van der Waals surface area contributed by atoms with Gasteiger partial charge in [-0.25, -0.2) is 4.98 Å². The third-order valence-electron chi connectivity index (χ3n) is 4.26. The number of H-pyrrole nitrogens is 1. The predicted molar refractivity (Wildman–Crippen MR) is 97.7 cm³/mol. The molecule has 2 heterocycles. The average molecular weight is 331 g/mol. The number of benzene rings is 2. The van der Waals surface area contributed by atoms with Gasteiger partial charge in [-0.1, -0.05) is 0 Å². The zero-order valence-electron chi connectivity index (χ0n) is 14.0. The number of nitrogens with zero attached hydrogens (tertiary/aromatic N) is 1. The second-order valence-electron chi connectivity index (χ2n) is 6.05. The van der Waals surface area contributed by atoms with Crippen molar-refractivity contribution in [1.82, 2.24) is 9.97 Å². The second kappa shape index (κ2) is 5.94. The molecular weight excluding hydrogens is 314 g/mol. The van der Waals surface area contributed by atoms with E-state index in [4.69, 9.17) is 4.42 Å². The first-order chi connectivity index (χ1) is 12.1. The molecule has 0 atom stereocenters. The quantitative estimate of drug-likeness (QED) is 0.572. The first-order valence-electron chi connectivity index (χ1n) is 8.02. The van der Waals surface area contributed by atoms with Crippen molar-refractivity contribution in [2.24, 2.45) is 0 Å². The molecule has 4 rings (SSSR count). The highest BCUT2D eigenvalue weighted by Gasteiger charge is 2.10. The van der Waals surface area contributed by atoms with Crippen LogP contribution in [-0.4, -0.2) is 15.9 Å². The zero-order valence-corrected chi connectivity index (χ0v) is 14.0. The molecule has 4 aromatic rings. The van der Waals surface area contributed by atoms with E-state index in [1.165, 1.54) is 17.4 Å². The number of hydrogen-bond acceptors (Lipinski definition) is 3. The van der Waals surface area contributed by atoms with Gasteiger partial charge in [0.05, 0.1) is 17.3 Å². The van der Waals surface area contributed by atoms with Crippen molar-refractivity contribution in [1.29, 1.82) is 0 Å². The van der Waals surface area contributed by atoms with E-state index in [1.54, 1.807) is 12.1 Å². The van der Waals surface area contributed by atoms with Gasteiger partial charge >= 0.3 is 0 Å². The molecule has 2 aromatic carbocycles. The summed E-state index contributed by atoms with van der Waals surface area (Å²) in [5.41, 5.74) is 6.09. The van der Waals surface area contributed by atoms with Crippen LogP contribution in [0.1, 0.15) is 21.7 Å². The van der Waals surface area contributed by atoms with E-state index in [-0.39, 0.29) is 11.7 Å². The van der Waals surface area contributed by atoms with E-state index in [1.807, 2.05) is 24.3 Å². The van der Waals surface area contributed by atoms with Gasteiger partial charge in [-0.3, -0.25) is 4.79 Å². The number of imidazole rings is 1. The number of fused-ring (bicyclic) bond motifs is 1. The van der Waals surface area contributed by atoms with Crippen LogP contribution in [-0.2, 0) is 0 Å². The van der Waals surface area contributed by atoms with E-state index in [0.717, 1.165) is 22.4 Å². The van der Waals surface area contributed by atoms with Gasteiger partial charge in [0.25, 0.3) is 5.91 Å². The summed E-state index contributed by atoms with van der Waals surface area (Å²) in [5, 5.41) is 2.80. The van der Waals surface area contributed by atoms with E-state index >= 15 is 0 Å². The number of carbonyl (C=O) groups excluding carboxylic acids is 1. The number of amides is 1. The van der Waals surface area contributed by atoms with Crippen molar-refractivity contribution >= 4 is 22.6 Å². The molecule has 2 N–H and O–H groups in total. The van der Waals surface area contributed by atoms with Crippen LogP contribution in [0.4, 0.5) is 5.69 Å². The number of rotatable bonds is 3. The maximum Gasteiger partial charge on any atom is 0.291 e. The van der Waals surface area contributed by atoms with Crippen molar-refractivity contribution in [2.75, 3.05) is 5.32 Å². The molecule has 0 radical (unpaired) electrons. The first kappa shape index (κ1) is 15.2. The van der Waals surface area contributed by atoms with Gasteiger partial charge in [0, 0.05) is 11.3 Å². The van der Waals surface area contributed by atoms with Crippen LogP contribution >= 0.6 is 0 Å². The summed E-state index contributed by atoms with van der Waals surface area (Å²) in [4.78, 5) is 20.0. The molecule has 0 saturated heterocycles. The fraction of sp³-hybridized carbons (Fsp3) is 0.100. The number of nitrogens with one attached hydrogen (secondary N) is 2. The summed E-state index contributed by atoms with van der Waals surface area (Å²) >= 11 is 0. The number of carbonyl (C=O) groups is 1. The molecule has 0 aliphatic heterocycles. The van der Waals surface area contributed by atoms with E-state index < -0.39 is 0 Å². The van der Waals surface area contributed by atoms with E-state index in [0.29, 0.717) is 5.69 Å². The smallest absolute Gasteiger partial charge is 0.291 e. The Hall–Kier alpha value is -3.34. The maximum absolute atomic E-state index is 12.0. The molecule has 0 aliphatic rings. The minimum Gasteiger partial charge on any atom is -0.459 e. The van der Waals surface area contributed by atoms with Crippen LogP contribution in [0.5, 0.6) is 0 Å². The SMILES string of the molecule is Cc1cc2nc(-c3ccc(NC(=O)c4ccco4)cc3)[nH]c2cc1C. The van der Waals surface area contributed by atoms with Crippen LogP contribution in [0.2, 0.25) is 0 Å². The molecule has 0 bridgehead atoms. The van der Waals surface area contributed by atoms with Crippen molar-refractivity contribution in [3.05, 3.63) is 71.7 Å². The lowest BCUT2D eigenvalue weighted by atomic mass is 10.1. The number of hydrogen-bond donors (Lipinski definition) is 2. The normalized spacial score (nSPS) is 11.0. The van der Waals surface area contributed by atoms with Crippen LogP contribution < -0.4 is 5.32 Å². The van der Waals surface area contributed by atoms with Gasteiger partial charge in [-0.15, -0.1) is 0 Å². The van der Waals surface area contributed by atoms with Gasteiger partial charge in [0.2, 0.25) is 0 Å². The third kappa shape index (κ3) is 2.92. The van der Waals surface area contributed by atoms with Crippen molar-refractivity contribution in [3.8, 4) is 11.4 Å². The minimum absolute atomic E-state index is 0.271. The van der Waals surface area contributed by atoms with Crippen LogP contribution in [0.15, 0.2) is 59.2 Å². The Morgan fingerprint density at radius 3 is 2.56 bits per heavy atom. The lowest BCUT2D eigenvalue weighted by Gasteiger charge is -2.04. The largest absolute Gasteiger partial charge is 0.459 e. The Morgan fingerprint density at radius 1 is 1.08 bits per heavy atom. The number of aromatic nitrogens is 2. The molecular formula is C20H17N3O2. The second-order valence-corrected chi connectivity index (χ2v) is 6.05. The Labute approximate surface area is 144 Å². The Morgan fingerprint density at radius 2 is 1.84 bits per heavy atom. The lowest BCUT2D eigenvalue weighted by molar-refractivity contribution is 0.0996. The van der Waals surface area contributed by atoms with E-state index in [9.17, 15) is 4.79 Å². The van der Waals surface area contributed by atoms with Gasteiger partial charge in [-0.2, -0.15) is 0 Å². The molecule has 5 heteroatoms. The molecule has 124 valence electrons. The van der Waals surface area contributed by atoms with Gasteiger partial charge in [-0.05, 0) is 73.5 Å². The molecule has 0 aliphatic carbocycles. The predicted octanol–water partition coefficient (Wildman–Crippen LogP) is 4.69. The molecule has 2 aromatic heterocycles. The summed E-state index contributed by atoms with van der Waals surface area (Å²) in [6.07, 6.45) is 1.48. The van der Waals surface area contributed by atoms with Crippen molar-refractivity contribution in [3.63, 3.8) is 0 Å². The standard InChI is InChI=1S/C20H17N3O2/c1-12-10-16-17(11-13(12)2)23-19(22-16)14-5-7-15(8-6-14)21-20(24)18-4-3-9-25-18/h3-11H,1-2H3,(H,21,24)(H,22,23). The first-order valence-corrected chi connectivity index (χ1v) is 8.02. The number of aromatic amines is 1. The molecule has 0 fully saturated rings. The molecule has 5 nitrogen and oxygen atoms in total. The Balaban J connectivity index is 1.58. The molecule has 1 amide bonds. The van der Waals surface area contributed by atoms with Crippen LogP contribution in [0.25, 0.3) is 22.4 Å². The van der Waals surface area contributed by atoms with E-state index in [2.05, 4.69) is 41.3 Å². The minimum atomic E-state index is -0.271. The summed E-state index contributed by atoms with van der Waals surface area (Å²) < 4.78 is 5.09. The number of aryl methyl sites for hydroxylation is 2. The third-order valence-corrected chi connectivity index (χ3v) is 4.26. The summed E-state index contributed by atoms with van der Waals surface area (Å²) in [7, 11) is 0. The average Bonchev–Trinajstić information content (AvgIpc) is 3.26. The van der Waals surface area contributed by atoms with Crippen LogP contribution in [0, 0.1) is 13.8 Å². The maximum atomic E-state index is 12.0. The van der Waals surface area contributed by atoms with Gasteiger partial charge < -0.3 is 14.7 Å². The summed E-state index contributed by atoms with van der Waals surface area (Å²) in [6, 6.07) is 15.1. The molecule has 0 saturated carbocycles. The number of anilines is 1. The topological polar surface area (TPSA) is 70.9 Å². The summed E-state index contributed by atoms with van der Waals surface area (Å²) in [5.74, 6) is 0.823. The monoisotopic (exact) mass is 331 g/mol. The molecule has 0 spiro atoms. The fourth-order valence-electron chi connectivity index (χ4n) is 2.72. The highest BCUT2D eigenvalue weighted by atomic mass is 16.3. The van der Waals surface area contributed by atoms with Crippen molar-refractivity contribution in [2.45, 2.75) is 13.8 Å². The highest BCUT2D eigenvalue weighted by molar-refractivity contribution is 6.02. The zero-order chi connectivity index (χ0) is 17.4. The molecule has 25 heavy (non-hydrogen) atoms. The highest BCUT2D eigenvalue weighted by Crippen LogP contribution is 2.24. The van der Waals surface area contributed by atoms with Crippen LogP contribution in [0.3, 0.4) is 0 Å². The fourth-order valence-corrected chi connectivity index (χ4v) is 2.72. The number of furan rings is 1. The van der Waals surface area contributed by atoms with Gasteiger partial charge in [0.1, 0.15) is 5.82 Å². The Bertz CT molecular complexity index is 1010. The van der Waals surface area contributed by atoms with Gasteiger partial charge in [0.15, 0.2) is 5.76 Å². The molecule has 0 unspecified atom stereocenters. The van der Waals surface area contributed by atoms with Crippen molar-refractivity contribution < 1.29 is 9.21 Å². The summed E-state index contributed by atoms with van der Waals surface area (Å²) in [6.45, 7) is 4.17. The lowest BCUT2D eigenvalue weighted by Crippen LogP contribution is -2.10.